The fourth-order valence-corrected chi connectivity index (χ4v) is 4.99. The molecule has 0 aliphatic heterocycles. The molecule has 3 aromatic heterocycles. The van der Waals surface area contributed by atoms with Gasteiger partial charge >= 0.3 is 0 Å². The Morgan fingerprint density at radius 1 is 0.444 bits per heavy atom. The number of nitrogens with zero attached hydrogens (tertiary/aromatic N) is 5. The lowest BCUT2D eigenvalue weighted by Gasteiger charge is -2.05. The van der Waals surface area contributed by atoms with Gasteiger partial charge in [0, 0.05) is 12.4 Å². The van der Waals surface area contributed by atoms with E-state index in [0.717, 1.165) is 27.1 Å². The minimum absolute atomic E-state index is 0.0600. The maximum Gasteiger partial charge on any atom is 0.252 e. The van der Waals surface area contributed by atoms with E-state index in [0.29, 0.717) is 22.6 Å². The van der Waals surface area contributed by atoms with Gasteiger partial charge in [0.2, 0.25) is 5.89 Å². The number of fused-ring (bicyclic) bond motifs is 2. The van der Waals surface area contributed by atoms with Crippen molar-refractivity contribution < 1.29 is 24.2 Å². The standard InChI is InChI=1S/C18H12N2O3.C17H11N3O2/c21-14-8-4-3-7-13(14)17-19-20-18(23-17)16-12-6-2-1-5-11(12)9-10-15(16)22;21-14-8-7-11-4-1-2-6-13(11)15(14)17-20-19-16(22-17)12-5-3-9-18-10-12/h1-10,21-22H;1-10,21H. The van der Waals surface area contributed by atoms with E-state index >= 15 is 0 Å². The molecule has 0 spiro atoms. The Kier molecular flexibility index (Phi) is 7.04. The number of hydrogen-bond acceptors (Lipinski definition) is 10. The molecule has 218 valence electrons. The van der Waals surface area contributed by atoms with Crippen molar-refractivity contribution in [3.05, 3.63) is 122 Å². The molecule has 3 N–H and O–H groups in total. The number of para-hydroxylation sites is 1. The Morgan fingerprint density at radius 3 is 1.58 bits per heavy atom. The van der Waals surface area contributed by atoms with Gasteiger partial charge in [-0.05, 0) is 57.9 Å². The van der Waals surface area contributed by atoms with Crippen LogP contribution in [0.15, 0.2) is 130 Å². The first-order chi connectivity index (χ1) is 22.1. The van der Waals surface area contributed by atoms with Crippen LogP contribution in [0.4, 0.5) is 0 Å². The van der Waals surface area contributed by atoms with Crippen LogP contribution in [0.25, 0.3) is 67.4 Å². The second-order valence-corrected chi connectivity index (χ2v) is 9.95. The van der Waals surface area contributed by atoms with Crippen molar-refractivity contribution in [3.63, 3.8) is 0 Å². The number of aromatic hydroxyl groups is 3. The van der Waals surface area contributed by atoms with Crippen LogP contribution in [0, 0.1) is 0 Å². The molecular weight excluding hydrogens is 570 g/mol. The Hall–Kier alpha value is -6.55. The second-order valence-electron chi connectivity index (χ2n) is 9.95. The van der Waals surface area contributed by atoms with Gasteiger partial charge in [-0.2, -0.15) is 0 Å². The van der Waals surface area contributed by atoms with E-state index in [1.165, 1.54) is 0 Å². The summed E-state index contributed by atoms with van der Waals surface area (Å²) in [5.41, 5.74) is 2.21. The first kappa shape index (κ1) is 27.3. The SMILES string of the molecule is Oc1ccc2ccccc2c1-c1nnc(-c2cccnc2)o1.Oc1ccccc1-c1nnc(-c2c(O)ccc3ccccc23)o1. The molecule has 10 heteroatoms. The first-order valence-corrected chi connectivity index (χ1v) is 13.8. The maximum absolute atomic E-state index is 10.2. The number of hydrogen-bond donors (Lipinski definition) is 3. The zero-order chi connectivity index (χ0) is 30.8. The van der Waals surface area contributed by atoms with Crippen LogP contribution in [-0.4, -0.2) is 40.7 Å². The third kappa shape index (κ3) is 5.28. The minimum Gasteiger partial charge on any atom is -0.507 e. The number of benzene rings is 5. The molecule has 0 aliphatic carbocycles. The van der Waals surface area contributed by atoms with Crippen LogP contribution < -0.4 is 0 Å². The lowest BCUT2D eigenvalue weighted by molar-refractivity contribution is 0.470. The summed E-state index contributed by atoms with van der Waals surface area (Å²) < 4.78 is 11.4. The van der Waals surface area contributed by atoms with E-state index in [2.05, 4.69) is 25.4 Å². The summed E-state index contributed by atoms with van der Waals surface area (Å²) in [5, 5.41) is 50.1. The Morgan fingerprint density at radius 2 is 0.978 bits per heavy atom. The maximum atomic E-state index is 10.2. The molecular formula is C35H23N5O5. The van der Waals surface area contributed by atoms with Gasteiger partial charge in [-0.3, -0.25) is 4.98 Å². The first-order valence-electron chi connectivity index (χ1n) is 13.8. The van der Waals surface area contributed by atoms with Crippen molar-refractivity contribution >= 4 is 21.5 Å². The molecule has 0 saturated heterocycles. The molecule has 0 radical (unpaired) electrons. The summed E-state index contributed by atoms with van der Waals surface area (Å²) in [6.45, 7) is 0. The van der Waals surface area contributed by atoms with Crippen molar-refractivity contribution in [1.29, 1.82) is 0 Å². The molecule has 8 rings (SSSR count). The van der Waals surface area contributed by atoms with Gasteiger partial charge in [0.1, 0.15) is 17.2 Å². The zero-order valence-electron chi connectivity index (χ0n) is 23.4. The summed E-state index contributed by atoms with van der Waals surface area (Å²) >= 11 is 0. The number of aromatic nitrogens is 5. The van der Waals surface area contributed by atoms with Crippen molar-refractivity contribution in [2.45, 2.75) is 0 Å². The Balaban J connectivity index is 0.000000145. The molecule has 0 saturated carbocycles. The molecule has 0 fully saturated rings. The van der Waals surface area contributed by atoms with E-state index in [-0.39, 0.29) is 34.9 Å². The van der Waals surface area contributed by atoms with Gasteiger partial charge in [-0.1, -0.05) is 72.8 Å². The van der Waals surface area contributed by atoms with E-state index in [4.69, 9.17) is 8.83 Å². The van der Waals surface area contributed by atoms with Gasteiger partial charge in [0.25, 0.3) is 17.7 Å². The van der Waals surface area contributed by atoms with Gasteiger partial charge in [0.05, 0.1) is 22.3 Å². The molecule has 0 amide bonds. The summed E-state index contributed by atoms with van der Waals surface area (Å²) in [6.07, 6.45) is 3.33. The van der Waals surface area contributed by atoms with Crippen LogP contribution in [-0.2, 0) is 0 Å². The van der Waals surface area contributed by atoms with Crippen LogP contribution >= 0.6 is 0 Å². The lowest BCUT2D eigenvalue weighted by Crippen LogP contribution is -1.83. The van der Waals surface area contributed by atoms with E-state index in [1.54, 1.807) is 54.9 Å². The second kappa shape index (κ2) is 11.6. The number of phenols is 3. The number of pyridine rings is 1. The molecule has 0 atom stereocenters. The summed E-state index contributed by atoms with van der Waals surface area (Å²) in [7, 11) is 0. The molecule has 3 heterocycles. The van der Waals surface area contributed by atoms with Crippen LogP contribution in [0.1, 0.15) is 0 Å². The number of rotatable bonds is 4. The average molecular weight is 594 g/mol. The van der Waals surface area contributed by atoms with E-state index in [1.807, 2.05) is 66.7 Å². The third-order valence-corrected chi connectivity index (χ3v) is 7.13. The number of phenolic OH excluding ortho intramolecular Hbond substituents is 3. The topological polar surface area (TPSA) is 151 Å². The highest BCUT2D eigenvalue weighted by Gasteiger charge is 2.19. The molecule has 10 nitrogen and oxygen atoms in total. The van der Waals surface area contributed by atoms with Crippen molar-refractivity contribution in [1.82, 2.24) is 25.4 Å². The minimum atomic E-state index is 0.0600. The van der Waals surface area contributed by atoms with Gasteiger partial charge in [-0.15, -0.1) is 20.4 Å². The normalized spacial score (nSPS) is 10.9. The molecule has 8 aromatic rings. The molecule has 45 heavy (non-hydrogen) atoms. The molecule has 0 aliphatic rings. The quantitative estimate of drug-likeness (QED) is 0.186. The van der Waals surface area contributed by atoms with Crippen molar-refractivity contribution in [2.75, 3.05) is 0 Å². The highest BCUT2D eigenvalue weighted by Crippen LogP contribution is 2.38. The lowest BCUT2D eigenvalue weighted by atomic mass is 10.0. The summed E-state index contributed by atoms with van der Waals surface area (Å²) in [4.78, 5) is 4.03. The smallest absolute Gasteiger partial charge is 0.252 e. The summed E-state index contributed by atoms with van der Waals surface area (Å²) in [6, 6.07) is 32.6. The van der Waals surface area contributed by atoms with Crippen molar-refractivity contribution in [3.8, 4) is 63.1 Å². The van der Waals surface area contributed by atoms with Gasteiger partial charge < -0.3 is 24.2 Å². The summed E-state index contributed by atoms with van der Waals surface area (Å²) in [5.74, 6) is 1.30. The fraction of sp³-hybridized carbons (Fsp3) is 0. The zero-order valence-corrected chi connectivity index (χ0v) is 23.4. The highest BCUT2D eigenvalue weighted by atomic mass is 16.4. The average Bonchev–Trinajstić information content (AvgIpc) is 3.77. The Labute approximate surface area is 255 Å². The highest BCUT2D eigenvalue weighted by molar-refractivity contribution is 5.98. The Bertz CT molecular complexity index is 2280. The molecule has 0 bridgehead atoms. The van der Waals surface area contributed by atoms with Crippen LogP contribution in [0.5, 0.6) is 17.2 Å². The van der Waals surface area contributed by atoms with Crippen molar-refractivity contribution in [2.24, 2.45) is 0 Å². The van der Waals surface area contributed by atoms with E-state index in [9.17, 15) is 15.3 Å². The van der Waals surface area contributed by atoms with Crippen LogP contribution in [0.2, 0.25) is 0 Å². The van der Waals surface area contributed by atoms with Gasteiger partial charge in [-0.25, -0.2) is 0 Å². The fourth-order valence-electron chi connectivity index (χ4n) is 4.99. The van der Waals surface area contributed by atoms with E-state index < -0.39 is 0 Å². The third-order valence-electron chi connectivity index (χ3n) is 7.13. The molecule has 5 aromatic carbocycles. The monoisotopic (exact) mass is 593 g/mol. The molecule has 0 unspecified atom stereocenters. The van der Waals surface area contributed by atoms with Crippen LogP contribution in [0.3, 0.4) is 0 Å². The predicted octanol–water partition coefficient (Wildman–Crippen LogP) is 7.63. The largest absolute Gasteiger partial charge is 0.507 e. The predicted molar refractivity (Wildman–Crippen MR) is 168 cm³/mol. The van der Waals surface area contributed by atoms with Gasteiger partial charge in [0.15, 0.2) is 0 Å².